The number of ketones is 1. The van der Waals surface area contributed by atoms with Gasteiger partial charge in [0, 0.05) is 35.2 Å². The molecule has 0 fully saturated rings. The molecular formula is C31H31N3O3. The second-order valence-corrected chi connectivity index (χ2v) is 10.3. The summed E-state index contributed by atoms with van der Waals surface area (Å²) in [6.45, 7) is 5.92. The van der Waals surface area contributed by atoms with E-state index in [2.05, 4.69) is 54.0 Å². The van der Waals surface area contributed by atoms with Crippen molar-refractivity contribution in [1.82, 2.24) is 9.55 Å². The molecule has 0 radical (unpaired) electrons. The molecule has 6 nitrogen and oxygen atoms in total. The largest absolute Gasteiger partial charge is 0.466 e. The highest BCUT2D eigenvalue weighted by Gasteiger charge is 2.50. The average Bonchev–Trinajstić information content (AvgIpc) is 3.30. The minimum atomic E-state index is -0.498. The fraction of sp³-hybridized carbons (Fsp3) is 0.355. The molecule has 1 heterocycles. The molecule has 37 heavy (non-hydrogen) atoms. The topological polar surface area (TPSA) is 85.0 Å². The normalized spacial score (nSPS) is 22.4. The van der Waals surface area contributed by atoms with E-state index in [0.717, 1.165) is 59.7 Å². The van der Waals surface area contributed by atoms with E-state index in [1.54, 1.807) is 0 Å². The van der Waals surface area contributed by atoms with Gasteiger partial charge in [0.1, 0.15) is 11.9 Å². The molecule has 5 rings (SSSR count). The van der Waals surface area contributed by atoms with Crippen LogP contribution in [-0.2, 0) is 32.6 Å². The zero-order chi connectivity index (χ0) is 26.2. The van der Waals surface area contributed by atoms with Gasteiger partial charge < -0.3 is 4.74 Å². The quantitative estimate of drug-likeness (QED) is 0.333. The molecule has 0 bridgehead atoms. The van der Waals surface area contributed by atoms with Crippen LogP contribution in [0, 0.1) is 23.2 Å². The summed E-state index contributed by atoms with van der Waals surface area (Å²) in [6.07, 6.45) is 5.08. The highest BCUT2D eigenvalue weighted by atomic mass is 16.5. The molecular weight excluding hydrogens is 462 g/mol. The molecule has 3 atom stereocenters. The minimum absolute atomic E-state index is 0.0578. The first kappa shape index (κ1) is 24.7. The number of hydrogen-bond donors (Lipinski definition) is 0. The van der Waals surface area contributed by atoms with Gasteiger partial charge in [0.05, 0.1) is 17.9 Å². The molecule has 0 amide bonds. The summed E-state index contributed by atoms with van der Waals surface area (Å²) in [6, 6.07) is 20.7. The van der Waals surface area contributed by atoms with E-state index in [-0.39, 0.29) is 29.2 Å². The standard InChI is InChI=1S/C31H31N3O3/c1-20-26-14-15-27-29(31(26,3)18-24(19-32)28(20)36)33-30(23-11-5-4-6-12-23)34(27)25-13-7-9-22(17-25)10-8-16-37-21(2)35/h4-7,9,11-13,17-18,20,26H,8,10,14-16H2,1-3H3/t20-,26-,31-/m0/s1. The maximum absolute atomic E-state index is 12.8. The van der Waals surface area contributed by atoms with Crippen LogP contribution in [0.1, 0.15) is 50.6 Å². The first-order chi connectivity index (χ1) is 17.8. The van der Waals surface area contributed by atoms with Crippen molar-refractivity contribution in [2.75, 3.05) is 6.61 Å². The third-order valence-electron chi connectivity index (χ3n) is 7.91. The summed E-state index contributed by atoms with van der Waals surface area (Å²) < 4.78 is 7.36. The zero-order valence-electron chi connectivity index (χ0n) is 21.5. The molecule has 0 saturated heterocycles. The van der Waals surface area contributed by atoms with Gasteiger partial charge in [0.25, 0.3) is 0 Å². The van der Waals surface area contributed by atoms with Crippen LogP contribution in [0.25, 0.3) is 17.1 Å². The second-order valence-electron chi connectivity index (χ2n) is 10.3. The minimum Gasteiger partial charge on any atom is -0.466 e. The Bertz CT molecular complexity index is 1430. The third-order valence-corrected chi connectivity index (χ3v) is 7.91. The number of ether oxygens (including phenoxy) is 1. The number of nitriles is 1. The molecule has 2 aliphatic rings. The fourth-order valence-corrected chi connectivity index (χ4v) is 6.12. The number of rotatable bonds is 6. The van der Waals surface area contributed by atoms with Crippen LogP contribution in [0.3, 0.4) is 0 Å². The summed E-state index contributed by atoms with van der Waals surface area (Å²) in [5.74, 6) is 0.428. The van der Waals surface area contributed by atoms with Gasteiger partial charge in [0.15, 0.2) is 5.78 Å². The fourth-order valence-electron chi connectivity index (χ4n) is 6.12. The van der Waals surface area contributed by atoms with Crippen LogP contribution < -0.4 is 0 Å². The number of carbonyl (C=O) groups is 2. The van der Waals surface area contributed by atoms with Crippen LogP contribution in [0.2, 0.25) is 0 Å². The first-order valence-corrected chi connectivity index (χ1v) is 12.9. The van der Waals surface area contributed by atoms with Crippen LogP contribution in [0.5, 0.6) is 0 Å². The Kier molecular flexibility index (Phi) is 6.55. The van der Waals surface area contributed by atoms with Gasteiger partial charge in [-0.15, -0.1) is 0 Å². The molecule has 0 saturated carbocycles. The molecule has 0 spiro atoms. The summed E-state index contributed by atoms with van der Waals surface area (Å²) in [5, 5.41) is 9.71. The van der Waals surface area contributed by atoms with Crippen LogP contribution in [0.4, 0.5) is 0 Å². The highest BCUT2D eigenvalue weighted by molar-refractivity contribution is 6.02. The van der Waals surface area contributed by atoms with Crippen LogP contribution in [-0.4, -0.2) is 27.9 Å². The Labute approximate surface area is 217 Å². The van der Waals surface area contributed by atoms with E-state index >= 15 is 0 Å². The van der Waals surface area contributed by atoms with Crippen LogP contribution in [0.15, 0.2) is 66.2 Å². The molecule has 0 aliphatic heterocycles. The van der Waals surface area contributed by atoms with Crippen molar-refractivity contribution in [1.29, 1.82) is 5.26 Å². The molecule has 0 unspecified atom stereocenters. The van der Waals surface area contributed by atoms with E-state index in [9.17, 15) is 14.9 Å². The number of benzene rings is 2. The van der Waals surface area contributed by atoms with Gasteiger partial charge in [-0.3, -0.25) is 14.2 Å². The van der Waals surface area contributed by atoms with Crippen molar-refractivity contribution in [2.24, 2.45) is 11.8 Å². The highest BCUT2D eigenvalue weighted by Crippen LogP contribution is 2.50. The van der Waals surface area contributed by atoms with Gasteiger partial charge in [-0.2, -0.15) is 5.26 Å². The van der Waals surface area contributed by atoms with Crippen molar-refractivity contribution in [3.8, 4) is 23.1 Å². The number of Topliss-reactive ketones (excluding diaryl/α,β-unsaturated/α-hetero) is 1. The van der Waals surface area contributed by atoms with Gasteiger partial charge in [-0.25, -0.2) is 4.98 Å². The molecule has 3 aromatic rings. The Morgan fingerprint density at radius 3 is 2.73 bits per heavy atom. The molecule has 6 heteroatoms. The number of hydrogen-bond acceptors (Lipinski definition) is 5. The lowest BCUT2D eigenvalue weighted by Gasteiger charge is -2.44. The number of imidazole rings is 1. The lowest BCUT2D eigenvalue weighted by Crippen LogP contribution is -2.45. The molecule has 1 aromatic heterocycles. The van der Waals surface area contributed by atoms with Gasteiger partial charge in [-0.1, -0.05) is 62.4 Å². The van der Waals surface area contributed by atoms with Crippen LogP contribution >= 0.6 is 0 Å². The summed E-state index contributed by atoms with van der Waals surface area (Å²) >= 11 is 0. The van der Waals surface area contributed by atoms with Crippen molar-refractivity contribution >= 4 is 11.8 Å². The average molecular weight is 494 g/mol. The SMILES string of the molecule is CC(=O)OCCCc1cccc(-n2c(-c3ccccc3)nc3c2CC[C@H]2[C@H](C)C(=O)C(C#N)=C[C@]32C)c1. The maximum Gasteiger partial charge on any atom is 0.302 e. The van der Waals surface area contributed by atoms with E-state index < -0.39 is 5.41 Å². The third kappa shape index (κ3) is 4.40. The monoisotopic (exact) mass is 493 g/mol. The summed E-state index contributed by atoms with van der Waals surface area (Å²) in [4.78, 5) is 29.2. The van der Waals surface area contributed by atoms with E-state index in [1.165, 1.54) is 6.92 Å². The van der Waals surface area contributed by atoms with Gasteiger partial charge in [-0.05, 0) is 49.3 Å². The number of allylic oxidation sites excluding steroid dienone is 2. The molecule has 188 valence electrons. The number of fused-ring (bicyclic) bond motifs is 3. The number of esters is 1. The Hall–Kier alpha value is -3.98. The molecule has 2 aromatic carbocycles. The zero-order valence-corrected chi connectivity index (χ0v) is 21.5. The smallest absolute Gasteiger partial charge is 0.302 e. The number of aryl methyl sites for hydroxylation is 1. The second kappa shape index (κ2) is 9.82. The van der Waals surface area contributed by atoms with Gasteiger partial charge in [0.2, 0.25) is 0 Å². The predicted molar refractivity (Wildman–Crippen MR) is 141 cm³/mol. The summed E-state index contributed by atoms with van der Waals surface area (Å²) in [5.41, 5.74) is 5.03. The predicted octanol–water partition coefficient (Wildman–Crippen LogP) is 5.52. The lowest BCUT2D eigenvalue weighted by atomic mass is 9.58. The van der Waals surface area contributed by atoms with E-state index in [0.29, 0.717) is 6.61 Å². The van der Waals surface area contributed by atoms with E-state index in [1.807, 2.05) is 31.2 Å². The number of carbonyl (C=O) groups excluding carboxylic acids is 2. The van der Waals surface area contributed by atoms with Crippen molar-refractivity contribution in [3.63, 3.8) is 0 Å². The summed E-state index contributed by atoms with van der Waals surface area (Å²) in [7, 11) is 0. The molecule has 2 aliphatic carbocycles. The molecule has 0 N–H and O–H groups in total. The van der Waals surface area contributed by atoms with Crippen molar-refractivity contribution < 1.29 is 14.3 Å². The van der Waals surface area contributed by atoms with Gasteiger partial charge >= 0.3 is 5.97 Å². The Morgan fingerprint density at radius 2 is 2.00 bits per heavy atom. The Balaban J connectivity index is 1.63. The maximum atomic E-state index is 12.8. The van der Waals surface area contributed by atoms with E-state index in [4.69, 9.17) is 9.72 Å². The lowest BCUT2D eigenvalue weighted by molar-refractivity contribution is -0.141. The number of aromatic nitrogens is 2. The van der Waals surface area contributed by atoms with Crippen molar-refractivity contribution in [2.45, 2.75) is 51.9 Å². The first-order valence-electron chi connectivity index (χ1n) is 12.9. The number of nitrogens with zero attached hydrogens (tertiary/aromatic N) is 3. The Morgan fingerprint density at radius 1 is 1.22 bits per heavy atom. The van der Waals surface area contributed by atoms with Crippen molar-refractivity contribution in [3.05, 3.63) is 83.2 Å².